The van der Waals surface area contributed by atoms with Crippen molar-refractivity contribution in [2.45, 2.75) is 45.3 Å². The van der Waals surface area contributed by atoms with Crippen molar-refractivity contribution in [1.82, 2.24) is 9.88 Å². The molecule has 1 unspecified atom stereocenters. The first-order valence-corrected chi connectivity index (χ1v) is 8.60. The Morgan fingerprint density at radius 1 is 1.42 bits per heavy atom. The lowest BCUT2D eigenvalue weighted by Gasteiger charge is -2.34. The van der Waals surface area contributed by atoms with Gasteiger partial charge in [-0.05, 0) is 33.6 Å². The normalized spacial score (nSPS) is 18.2. The number of piperidine rings is 1. The van der Waals surface area contributed by atoms with Crippen LogP contribution in [0.25, 0.3) is 0 Å². The largest absolute Gasteiger partial charge is 0.465 e. The first kappa shape index (κ1) is 18.3. The van der Waals surface area contributed by atoms with Gasteiger partial charge in [-0.2, -0.15) is 0 Å². The van der Waals surface area contributed by atoms with Gasteiger partial charge in [0.1, 0.15) is 5.60 Å². The number of nitrogens with zero attached hydrogens (tertiary/aromatic N) is 2. The Morgan fingerprint density at radius 2 is 2.12 bits per heavy atom. The van der Waals surface area contributed by atoms with Gasteiger partial charge in [0.2, 0.25) is 0 Å². The lowest BCUT2D eigenvalue weighted by atomic mass is 10.1. The second kappa shape index (κ2) is 7.25. The van der Waals surface area contributed by atoms with Gasteiger partial charge < -0.3 is 25.4 Å². The van der Waals surface area contributed by atoms with Gasteiger partial charge in [0.05, 0.1) is 7.11 Å². The van der Waals surface area contributed by atoms with Crippen molar-refractivity contribution in [3.63, 3.8) is 0 Å². The Hall–Kier alpha value is -2.03. The van der Waals surface area contributed by atoms with Gasteiger partial charge in [0, 0.05) is 19.1 Å². The number of amides is 1. The highest BCUT2D eigenvalue weighted by Gasteiger charge is 2.28. The van der Waals surface area contributed by atoms with E-state index in [2.05, 4.69) is 15.0 Å². The number of nitrogens with two attached hydrogens (primary N) is 1. The zero-order valence-corrected chi connectivity index (χ0v) is 15.2. The number of ether oxygens (including phenoxy) is 2. The summed E-state index contributed by atoms with van der Waals surface area (Å²) in [6, 6.07) is 0.0299. The van der Waals surface area contributed by atoms with E-state index in [0.717, 1.165) is 24.2 Å². The molecule has 0 aliphatic carbocycles. The van der Waals surface area contributed by atoms with Crippen LogP contribution < -0.4 is 11.1 Å². The molecule has 1 fully saturated rings. The maximum atomic E-state index is 12.2. The summed E-state index contributed by atoms with van der Waals surface area (Å²) in [6.07, 6.45) is 1.44. The number of esters is 1. The molecule has 0 saturated carbocycles. The molecule has 3 N–H and O–H groups in total. The van der Waals surface area contributed by atoms with Crippen LogP contribution in [0.15, 0.2) is 0 Å². The molecule has 1 aromatic rings. The predicted octanol–water partition coefficient (Wildman–Crippen LogP) is 2.32. The number of thiazole rings is 1. The minimum atomic E-state index is -0.517. The summed E-state index contributed by atoms with van der Waals surface area (Å²) in [6.45, 7) is 6.72. The lowest BCUT2D eigenvalue weighted by molar-refractivity contribution is 0.0206. The topological polar surface area (TPSA) is 107 Å². The van der Waals surface area contributed by atoms with Crippen molar-refractivity contribution in [3.8, 4) is 0 Å². The second-order valence-corrected chi connectivity index (χ2v) is 7.63. The summed E-state index contributed by atoms with van der Waals surface area (Å²) in [7, 11) is 1.30. The first-order valence-electron chi connectivity index (χ1n) is 7.78. The fourth-order valence-electron chi connectivity index (χ4n) is 2.39. The van der Waals surface area contributed by atoms with Gasteiger partial charge >= 0.3 is 12.1 Å². The first-order chi connectivity index (χ1) is 11.2. The van der Waals surface area contributed by atoms with E-state index in [1.165, 1.54) is 7.11 Å². The third kappa shape index (κ3) is 4.73. The van der Waals surface area contributed by atoms with Gasteiger partial charge in [-0.15, -0.1) is 0 Å². The number of hydrogen-bond donors (Lipinski definition) is 2. The number of likely N-dealkylation sites (tertiary alicyclic amines) is 1. The molecule has 1 aliphatic rings. The van der Waals surface area contributed by atoms with E-state index in [-0.39, 0.29) is 22.8 Å². The molecule has 2 heterocycles. The van der Waals surface area contributed by atoms with Gasteiger partial charge in [0.15, 0.2) is 15.8 Å². The van der Waals surface area contributed by atoms with Gasteiger partial charge in [0.25, 0.3) is 0 Å². The summed E-state index contributed by atoms with van der Waals surface area (Å²) >= 11 is 1.15. The highest BCUT2D eigenvalue weighted by atomic mass is 32.1. The van der Waals surface area contributed by atoms with Crippen LogP contribution in [-0.2, 0) is 9.47 Å². The smallest absolute Gasteiger partial charge is 0.410 e. The van der Waals surface area contributed by atoms with Gasteiger partial charge in [-0.3, -0.25) is 0 Å². The molecule has 1 amide bonds. The minimum Gasteiger partial charge on any atom is -0.465 e. The molecule has 134 valence electrons. The molecule has 24 heavy (non-hydrogen) atoms. The van der Waals surface area contributed by atoms with Crippen molar-refractivity contribution < 1.29 is 19.1 Å². The van der Waals surface area contributed by atoms with E-state index in [9.17, 15) is 9.59 Å². The summed E-state index contributed by atoms with van der Waals surface area (Å²) in [5.74, 6) is -0.355. The van der Waals surface area contributed by atoms with Gasteiger partial charge in [-0.1, -0.05) is 11.3 Å². The number of methoxy groups -OCH3 is 1. The number of nitrogen functional groups attached to an aromatic ring is 1. The third-order valence-corrected chi connectivity index (χ3v) is 4.41. The Labute approximate surface area is 145 Å². The fourth-order valence-corrected chi connectivity index (χ4v) is 3.27. The number of carbonyl (C=O) groups excluding carboxylic acids is 2. The summed E-state index contributed by atoms with van der Waals surface area (Å²) in [5, 5.41) is 3.78. The van der Waals surface area contributed by atoms with E-state index < -0.39 is 11.6 Å². The number of rotatable bonds is 3. The average Bonchev–Trinajstić information content (AvgIpc) is 2.85. The third-order valence-electron chi connectivity index (χ3n) is 3.42. The highest BCUT2D eigenvalue weighted by Crippen LogP contribution is 2.27. The number of aromatic nitrogens is 1. The SMILES string of the molecule is COC(=O)c1sc(NC2CCCN(C(=O)OC(C)(C)C)C2)nc1N. The molecule has 0 aromatic carbocycles. The van der Waals surface area contributed by atoms with Crippen LogP contribution in [0.4, 0.5) is 15.7 Å². The molecule has 1 saturated heterocycles. The minimum absolute atomic E-state index is 0.0299. The number of anilines is 2. The maximum Gasteiger partial charge on any atom is 0.410 e. The summed E-state index contributed by atoms with van der Waals surface area (Å²) < 4.78 is 10.1. The molecular weight excluding hydrogens is 332 g/mol. The molecular formula is C15H24N4O4S. The van der Waals surface area contributed by atoms with Crippen LogP contribution in [-0.4, -0.2) is 53.8 Å². The molecule has 0 radical (unpaired) electrons. The van der Waals surface area contributed by atoms with E-state index >= 15 is 0 Å². The maximum absolute atomic E-state index is 12.2. The number of hydrogen-bond acceptors (Lipinski definition) is 8. The van der Waals surface area contributed by atoms with E-state index in [1.807, 2.05) is 20.8 Å². The van der Waals surface area contributed by atoms with Crippen molar-refractivity contribution >= 4 is 34.3 Å². The Morgan fingerprint density at radius 3 is 2.75 bits per heavy atom. The van der Waals surface area contributed by atoms with Crippen LogP contribution in [0, 0.1) is 0 Å². The van der Waals surface area contributed by atoms with Crippen LogP contribution in [0.1, 0.15) is 43.3 Å². The second-order valence-electron chi connectivity index (χ2n) is 6.63. The highest BCUT2D eigenvalue weighted by molar-refractivity contribution is 7.17. The molecule has 0 spiro atoms. The van der Waals surface area contributed by atoms with Crippen LogP contribution >= 0.6 is 11.3 Å². The number of nitrogens with one attached hydrogen (secondary N) is 1. The Balaban J connectivity index is 1.98. The fraction of sp³-hybridized carbons (Fsp3) is 0.667. The number of carbonyl (C=O) groups is 2. The van der Waals surface area contributed by atoms with Crippen LogP contribution in [0.3, 0.4) is 0 Å². The van der Waals surface area contributed by atoms with Crippen molar-refractivity contribution in [2.75, 3.05) is 31.2 Å². The average molecular weight is 356 g/mol. The molecule has 9 heteroatoms. The lowest BCUT2D eigenvalue weighted by Crippen LogP contribution is -2.46. The van der Waals surface area contributed by atoms with Gasteiger partial charge in [-0.25, -0.2) is 14.6 Å². The Kier molecular flexibility index (Phi) is 5.53. The zero-order chi connectivity index (χ0) is 17.9. The van der Waals surface area contributed by atoms with E-state index in [4.69, 9.17) is 10.5 Å². The zero-order valence-electron chi connectivity index (χ0n) is 14.4. The molecule has 2 rings (SSSR count). The standard InChI is InChI=1S/C15H24N4O4S/c1-15(2,3)23-14(21)19-7-5-6-9(8-19)17-13-18-11(16)10(24-13)12(20)22-4/h9H,5-8,16H2,1-4H3,(H,17,18). The van der Waals surface area contributed by atoms with Crippen molar-refractivity contribution in [1.29, 1.82) is 0 Å². The van der Waals surface area contributed by atoms with Crippen LogP contribution in [0.5, 0.6) is 0 Å². The quantitative estimate of drug-likeness (QED) is 0.800. The predicted molar refractivity (Wildman–Crippen MR) is 92.3 cm³/mol. The summed E-state index contributed by atoms with van der Waals surface area (Å²) in [4.78, 5) is 29.9. The Bertz CT molecular complexity index is 611. The van der Waals surface area contributed by atoms with E-state index in [0.29, 0.717) is 18.2 Å². The molecule has 1 aliphatic heterocycles. The van der Waals surface area contributed by atoms with Crippen LogP contribution in [0.2, 0.25) is 0 Å². The van der Waals surface area contributed by atoms with Crippen molar-refractivity contribution in [2.24, 2.45) is 0 Å². The van der Waals surface area contributed by atoms with Crippen molar-refractivity contribution in [3.05, 3.63) is 4.88 Å². The molecule has 1 aromatic heterocycles. The van der Waals surface area contributed by atoms with E-state index in [1.54, 1.807) is 4.90 Å². The molecule has 1 atom stereocenters. The molecule has 0 bridgehead atoms. The molecule has 8 nitrogen and oxygen atoms in total. The monoisotopic (exact) mass is 356 g/mol. The summed E-state index contributed by atoms with van der Waals surface area (Å²) in [5.41, 5.74) is 5.22.